The maximum Gasteiger partial charge on any atom is 0.182 e. The lowest BCUT2D eigenvalue weighted by Crippen LogP contribution is -2.36. The van der Waals surface area contributed by atoms with Gasteiger partial charge < -0.3 is 4.90 Å². The molecule has 1 saturated carbocycles. The first-order valence-corrected chi connectivity index (χ1v) is 9.13. The third-order valence-electron chi connectivity index (χ3n) is 5.09. The number of halogens is 1. The average Bonchev–Trinajstić information content (AvgIpc) is 3.07. The highest BCUT2D eigenvalue weighted by atomic mass is 19.1. The van der Waals surface area contributed by atoms with Crippen molar-refractivity contribution in [1.82, 2.24) is 14.6 Å². The Bertz CT molecular complexity index is 867. The van der Waals surface area contributed by atoms with Crippen LogP contribution in [0.5, 0.6) is 0 Å². The van der Waals surface area contributed by atoms with E-state index in [2.05, 4.69) is 34.0 Å². The van der Waals surface area contributed by atoms with Crippen LogP contribution in [-0.4, -0.2) is 27.2 Å². The summed E-state index contributed by atoms with van der Waals surface area (Å²) in [7, 11) is 0. The fourth-order valence-corrected chi connectivity index (χ4v) is 3.84. The van der Waals surface area contributed by atoms with Crippen molar-refractivity contribution in [3.63, 3.8) is 0 Å². The first-order chi connectivity index (χ1) is 12.2. The van der Waals surface area contributed by atoms with Crippen LogP contribution >= 0.6 is 0 Å². The number of fused-ring (bicyclic) bond motifs is 1. The van der Waals surface area contributed by atoms with E-state index in [1.54, 1.807) is 10.6 Å². The van der Waals surface area contributed by atoms with E-state index in [-0.39, 0.29) is 5.82 Å². The largest absolute Gasteiger partial charge is 0.369 e. The van der Waals surface area contributed by atoms with E-state index in [1.807, 2.05) is 12.3 Å². The molecule has 0 aliphatic heterocycles. The number of hydrogen-bond donors (Lipinski definition) is 0. The summed E-state index contributed by atoms with van der Waals surface area (Å²) in [6, 6.07) is 11.2. The molecule has 1 aliphatic rings. The highest BCUT2D eigenvalue weighted by Gasteiger charge is 2.21. The zero-order valence-corrected chi connectivity index (χ0v) is 14.5. The van der Waals surface area contributed by atoms with Gasteiger partial charge in [-0.2, -0.15) is 0 Å². The summed E-state index contributed by atoms with van der Waals surface area (Å²) in [5.74, 6) is 0.281. The van der Waals surface area contributed by atoms with Crippen molar-refractivity contribution in [2.24, 2.45) is 0 Å². The molecule has 0 bridgehead atoms. The second kappa shape index (κ2) is 6.82. The number of rotatable bonds is 4. The lowest BCUT2D eigenvalue weighted by molar-refractivity contribution is 0.418. The Balaban J connectivity index is 1.67. The minimum atomic E-state index is -0.272. The summed E-state index contributed by atoms with van der Waals surface area (Å²) in [6.45, 7) is 3.20. The molecule has 4 rings (SSSR count). The van der Waals surface area contributed by atoms with E-state index < -0.39 is 0 Å². The van der Waals surface area contributed by atoms with E-state index >= 15 is 0 Å². The van der Waals surface area contributed by atoms with Crippen molar-refractivity contribution in [2.75, 3.05) is 11.4 Å². The molecule has 0 unspecified atom stereocenters. The van der Waals surface area contributed by atoms with Crippen molar-refractivity contribution in [2.45, 2.75) is 45.1 Å². The second-order valence-electron chi connectivity index (χ2n) is 6.71. The van der Waals surface area contributed by atoms with Crippen molar-refractivity contribution < 1.29 is 4.39 Å². The number of anilines is 1. The van der Waals surface area contributed by atoms with E-state index in [9.17, 15) is 4.39 Å². The summed E-state index contributed by atoms with van der Waals surface area (Å²) >= 11 is 0. The van der Waals surface area contributed by atoms with Crippen LogP contribution in [0.2, 0.25) is 0 Å². The Morgan fingerprint density at radius 2 is 2.00 bits per heavy atom. The Hall–Kier alpha value is -2.43. The standard InChI is InChI=1S/C20H23FN4/c1-2-24(17-9-4-3-5-10-17)18-11-12-25-19(14-18)22-20(23-25)15-7-6-8-16(21)13-15/h6-8,11-14,17H,2-5,9-10H2,1H3. The smallest absolute Gasteiger partial charge is 0.182 e. The van der Waals surface area contributed by atoms with Gasteiger partial charge in [0.05, 0.1) is 0 Å². The molecular weight excluding hydrogens is 315 g/mol. The Morgan fingerprint density at radius 1 is 1.16 bits per heavy atom. The van der Waals surface area contributed by atoms with Crippen molar-refractivity contribution in [3.05, 3.63) is 48.4 Å². The monoisotopic (exact) mass is 338 g/mol. The fourth-order valence-electron chi connectivity index (χ4n) is 3.84. The summed E-state index contributed by atoms with van der Waals surface area (Å²) in [6.07, 6.45) is 8.47. The predicted molar refractivity (Wildman–Crippen MR) is 98.3 cm³/mol. The average molecular weight is 338 g/mol. The minimum Gasteiger partial charge on any atom is -0.369 e. The van der Waals surface area contributed by atoms with Crippen LogP contribution in [0.1, 0.15) is 39.0 Å². The van der Waals surface area contributed by atoms with Gasteiger partial charge in [0.15, 0.2) is 11.5 Å². The zero-order chi connectivity index (χ0) is 17.2. The predicted octanol–water partition coefficient (Wildman–Crippen LogP) is 4.69. The Labute approximate surface area is 147 Å². The number of hydrogen-bond acceptors (Lipinski definition) is 3. The summed E-state index contributed by atoms with van der Waals surface area (Å²) in [5.41, 5.74) is 2.69. The molecule has 5 heteroatoms. The first kappa shape index (κ1) is 16.1. The van der Waals surface area contributed by atoms with Crippen molar-refractivity contribution in [3.8, 4) is 11.4 Å². The van der Waals surface area contributed by atoms with Crippen LogP contribution in [0.4, 0.5) is 10.1 Å². The SMILES string of the molecule is CCN(c1ccn2nc(-c3cccc(F)c3)nc2c1)C1CCCCC1. The number of benzene rings is 1. The zero-order valence-electron chi connectivity index (χ0n) is 14.5. The molecule has 25 heavy (non-hydrogen) atoms. The summed E-state index contributed by atoms with van der Waals surface area (Å²) < 4.78 is 15.2. The van der Waals surface area contributed by atoms with E-state index in [0.29, 0.717) is 17.4 Å². The molecule has 0 radical (unpaired) electrons. The van der Waals surface area contributed by atoms with Crippen LogP contribution < -0.4 is 4.90 Å². The Kier molecular flexibility index (Phi) is 4.38. The summed E-state index contributed by atoms with van der Waals surface area (Å²) in [5, 5.41) is 4.48. The van der Waals surface area contributed by atoms with Crippen LogP contribution in [-0.2, 0) is 0 Å². The number of aromatic nitrogens is 3. The highest BCUT2D eigenvalue weighted by molar-refractivity contribution is 5.62. The number of pyridine rings is 1. The summed E-state index contributed by atoms with van der Waals surface area (Å²) in [4.78, 5) is 7.09. The van der Waals surface area contributed by atoms with Gasteiger partial charge in [0.25, 0.3) is 0 Å². The molecule has 3 aromatic rings. The van der Waals surface area contributed by atoms with Gasteiger partial charge in [-0.1, -0.05) is 31.4 Å². The molecule has 1 aliphatic carbocycles. The Morgan fingerprint density at radius 3 is 2.76 bits per heavy atom. The molecule has 0 spiro atoms. The van der Waals surface area contributed by atoms with Gasteiger partial charge in [0, 0.05) is 36.1 Å². The van der Waals surface area contributed by atoms with E-state index in [0.717, 1.165) is 12.2 Å². The molecule has 4 nitrogen and oxygen atoms in total. The van der Waals surface area contributed by atoms with Gasteiger partial charge >= 0.3 is 0 Å². The third kappa shape index (κ3) is 3.23. The van der Waals surface area contributed by atoms with Gasteiger partial charge in [0.2, 0.25) is 0 Å². The first-order valence-electron chi connectivity index (χ1n) is 9.13. The molecule has 1 fully saturated rings. The maximum absolute atomic E-state index is 13.5. The molecule has 0 saturated heterocycles. The fraction of sp³-hybridized carbons (Fsp3) is 0.400. The highest BCUT2D eigenvalue weighted by Crippen LogP contribution is 2.28. The maximum atomic E-state index is 13.5. The quantitative estimate of drug-likeness (QED) is 0.692. The normalized spacial score (nSPS) is 15.6. The molecule has 0 atom stereocenters. The van der Waals surface area contributed by atoms with E-state index in [1.165, 1.54) is 49.9 Å². The van der Waals surface area contributed by atoms with Gasteiger partial charge in [0.1, 0.15) is 5.82 Å². The number of nitrogens with zero attached hydrogens (tertiary/aromatic N) is 4. The van der Waals surface area contributed by atoms with E-state index in [4.69, 9.17) is 0 Å². The second-order valence-corrected chi connectivity index (χ2v) is 6.71. The molecular formula is C20H23FN4. The molecule has 0 amide bonds. The van der Waals surface area contributed by atoms with Gasteiger partial charge in [-0.15, -0.1) is 5.10 Å². The van der Waals surface area contributed by atoms with Gasteiger partial charge in [-0.05, 0) is 38.0 Å². The van der Waals surface area contributed by atoms with Crippen LogP contribution in [0, 0.1) is 5.82 Å². The molecule has 0 N–H and O–H groups in total. The molecule has 1 aromatic carbocycles. The van der Waals surface area contributed by atoms with Gasteiger partial charge in [-0.25, -0.2) is 13.9 Å². The third-order valence-corrected chi connectivity index (χ3v) is 5.09. The molecule has 2 heterocycles. The van der Waals surface area contributed by atoms with Crippen LogP contribution in [0.25, 0.3) is 17.0 Å². The van der Waals surface area contributed by atoms with Crippen LogP contribution in [0.15, 0.2) is 42.6 Å². The van der Waals surface area contributed by atoms with Crippen molar-refractivity contribution >= 4 is 11.3 Å². The lowest BCUT2D eigenvalue weighted by Gasteiger charge is -2.35. The van der Waals surface area contributed by atoms with Crippen LogP contribution in [0.3, 0.4) is 0 Å². The van der Waals surface area contributed by atoms with Crippen molar-refractivity contribution in [1.29, 1.82) is 0 Å². The molecule has 130 valence electrons. The lowest BCUT2D eigenvalue weighted by atomic mass is 9.94. The minimum absolute atomic E-state index is 0.272. The topological polar surface area (TPSA) is 33.4 Å². The molecule has 2 aromatic heterocycles. The van der Waals surface area contributed by atoms with Gasteiger partial charge in [-0.3, -0.25) is 0 Å².